The van der Waals surface area contributed by atoms with Crippen molar-refractivity contribution in [1.82, 2.24) is 4.90 Å². The number of hydrogen-bond donors (Lipinski definition) is 0. The molecule has 0 radical (unpaired) electrons. The molecule has 26 heavy (non-hydrogen) atoms. The molecule has 1 aliphatic carbocycles. The predicted molar refractivity (Wildman–Crippen MR) is 97.3 cm³/mol. The number of benzene rings is 1. The van der Waals surface area contributed by atoms with Crippen molar-refractivity contribution in [3.05, 3.63) is 53.7 Å². The van der Waals surface area contributed by atoms with Crippen LogP contribution < -0.4 is 0 Å². The third-order valence-corrected chi connectivity index (χ3v) is 4.76. The molecule has 0 saturated heterocycles. The van der Waals surface area contributed by atoms with Crippen LogP contribution in [0.4, 0.5) is 0 Å². The van der Waals surface area contributed by atoms with E-state index in [1.165, 1.54) is 4.90 Å². The summed E-state index contributed by atoms with van der Waals surface area (Å²) in [6.07, 6.45) is 8.05. The van der Waals surface area contributed by atoms with E-state index in [9.17, 15) is 14.9 Å². The number of amides is 1. The molecule has 1 aromatic carbocycles. The number of carbonyl (C=O) groups excluding carboxylic acids is 2. The van der Waals surface area contributed by atoms with Crippen molar-refractivity contribution >= 4 is 18.0 Å². The Morgan fingerprint density at radius 3 is 2.58 bits per heavy atom. The van der Waals surface area contributed by atoms with Crippen molar-refractivity contribution in [1.29, 1.82) is 5.26 Å². The van der Waals surface area contributed by atoms with Crippen LogP contribution in [0, 0.1) is 23.2 Å². The van der Waals surface area contributed by atoms with Crippen LogP contribution in [0.25, 0.3) is 6.08 Å². The molecule has 0 aromatic heterocycles. The zero-order chi connectivity index (χ0) is 18.7. The first-order chi connectivity index (χ1) is 12.5. The molecule has 3 atom stereocenters. The maximum Gasteiger partial charge on any atom is 0.310 e. The number of fused-ring (bicyclic) bond motifs is 1. The topological polar surface area (TPSA) is 70.4 Å². The summed E-state index contributed by atoms with van der Waals surface area (Å²) in [5.74, 6) is -1.59. The largest absolute Gasteiger partial charge is 0.463 e. The van der Waals surface area contributed by atoms with Gasteiger partial charge in [0, 0.05) is 6.20 Å². The van der Waals surface area contributed by atoms with Gasteiger partial charge in [-0.15, -0.1) is 0 Å². The van der Waals surface area contributed by atoms with Crippen molar-refractivity contribution in [3.8, 4) is 6.07 Å². The molecular formula is C21H22N2O3. The SMILES string of the molecule is CC(C)OC(=O)[C@H]1CC=CC[C@H]1C(=O)N1C=Cc2ccccc2[C@@H]1C#N. The van der Waals surface area contributed by atoms with E-state index < -0.39 is 17.9 Å². The van der Waals surface area contributed by atoms with Gasteiger partial charge in [-0.2, -0.15) is 5.26 Å². The molecule has 1 aliphatic heterocycles. The molecule has 0 fully saturated rings. The van der Waals surface area contributed by atoms with E-state index in [1.54, 1.807) is 20.0 Å². The third kappa shape index (κ3) is 3.41. The highest BCUT2D eigenvalue weighted by Crippen LogP contribution is 2.35. The van der Waals surface area contributed by atoms with Crippen LogP contribution in [-0.2, 0) is 14.3 Å². The zero-order valence-corrected chi connectivity index (χ0v) is 15.0. The summed E-state index contributed by atoms with van der Waals surface area (Å²) in [6, 6.07) is 9.08. The molecule has 0 bridgehead atoms. The third-order valence-electron chi connectivity index (χ3n) is 4.76. The van der Waals surface area contributed by atoms with E-state index in [-0.39, 0.29) is 18.0 Å². The van der Waals surface area contributed by atoms with Crippen molar-refractivity contribution in [2.75, 3.05) is 0 Å². The van der Waals surface area contributed by atoms with Crippen molar-refractivity contribution < 1.29 is 14.3 Å². The second-order valence-electron chi connectivity index (χ2n) is 6.86. The number of rotatable bonds is 3. The number of hydrogen-bond acceptors (Lipinski definition) is 4. The number of nitriles is 1. The predicted octanol–water partition coefficient (Wildman–Crippen LogP) is 3.60. The van der Waals surface area contributed by atoms with Gasteiger partial charge in [0.2, 0.25) is 5.91 Å². The smallest absolute Gasteiger partial charge is 0.310 e. The van der Waals surface area contributed by atoms with Gasteiger partial charge >= 0.3 is 5.97 Å². The fraction of sp³-hybridized carbons (Fsp3) is 0.381. The minimum atomic E-state index is -0.684. The van der Waals surface area contributed by atoms with Gasteiger partial charge in [0.1, 0.15) is 6.04 Å². The summed E-state index contributed by atoms with van der Waals surface area (Å²) in [5, 5.41) is 9.67. The number of esters is 1. The Kier molecular flexibility index (Phi) is 5.22. The van der Waals surface area contributed by atoms with E-state index in [2.05, 4.69) is 6.07 Å². The van der Waals surface area contributed by atoms with Gasteiger partial charge in [0.05, 0.1) is 24.0 Å². The first-order valence-corrected chi connectivity index (χ1v) is 8.87. The van der Waals surface area contributed by atoms with E-state index in [4.69, 9.17) is 4.74 Å². The van der Waals surface area contributed by atoms with E-state index in [0.717, 1.165) is 11.1 Å². The molecule has 2 aliphatic rings. The normalized spacial score (nSPS) is 24.1. The van der Waals surface area contributed by atoms with Crippen LogP contribution >= 0.6 is 0 Å². The lowest BCUT2D eigenvalue weighted by Gasteiger charge is -2.34. The molecule has 0 unspecified atom stereocenters. The molecule has 5 heteroatoms. The molecule has 1 heterocycles. The van der Waals surface area contributed by atoms with E-state index >= 15 is 0 Å². The summed E-state index contributed by atoms with van der Waals surface area (Å²) in [5.41, 5.74) is 1.74. The first-order valence-electron chi connectivity index (χ1n) is 8.87. The maximum absolute atomic E-state index is 13.2. The second kappa shape index (κ2) is 7.57. The molecule has 1 aromatic rings. The second-order valence-corrected chi connectivity index (χ2v) is 6.86. The van der Waals surface area contributed by atoms with Crippen LogP contribution in [0.2, 0.25) is 0 Å². The van der Waals surface area contributed by atoms with Crippen LogP contribution in [0.15, 0.2) is 42.6 Å². The van der Waals surface area contributed by atoms with Gasteiger partial charge in [0.15, 0.2) is 0 Å². The van der Waals surface area contributed by atoms with Gasteiger partial charge < -0.3 is 4.74 Å². The molecule has 3 rings (SSSR count). The van der Waals surface area contributed by atoms with E-state index in [1.807, 2.05) is 42.5 Å². The van der Waals surface area contributed by atoms with Gasteiger partial charge in [-0.25, -0.2) is 0 Å². The maximum atomic E-state index is 13.2. The lowest BCUT2D eigenvalue weighted by molar-refractivity contribution is -0.158. The number of nitrogens with zero attached hydrogens (tertiary/aromatic N) is 2. The van der Waals surface area contributed by atoms with E-state index in [0.29, 0.717) is 12.8 Å². The fourth-order valence-corrected chi connectivity index (χ4v) is 3.50. The number of allylic oxidation sites excluding steroid dienone is 2. The minimum absolute atomic E-state index is 0.211. The molecule has 0 N–H and O–H groups in total. The molecule has 5 nitrogen and oxygen atoms in total. The van der Waals surface area contributed by atoms with Crippen LogP contribution in [0.3, 0.4) is 0 Å². The minimum Gasteiger partial charge on any atom is -0.463 e. The Bertz CT molecular complexity index is 804. The summed E-state index contributed by atoms with van der Waals surface area (Å²) in [7, 11) is 0. The van der Waals surface area contributed by atoms with Crippen LogP contribution in [-0.4, -0.2) is 22.9 Å². The Balaban J connectivity index is 1.87. The molecular weight excluding hydrogens is 328 g/mol. The molecule has 1 amide bonds. The fourth-order valence-electron chi connectivity index (χ4n) is 3.50. The van der Waals surface area contributed by atoms with Crippen LogP contribution in [0.1, 0.15) is 43.9 Å². The Morgan fingerprint density at radius 2 is 1.88 bits per heavy atom. The summed E-state index contributed by atoms with van der Waals surface area (Å²) in [6.45, 7) is 3.59. The molecule has 0 spiro atoms. The average molecular weight is 350 g/mol. The standard InChI is InChI=1S/C21H22N2O3/c1-14(2)26-21(25)18-10-6-5-9-17(18)20(24)23-12-11-15-7-3-4-8-16(15)19(23)13-22/h3-8,11-12,14,17-19H,9-10H2,1-2H3/t17-,18+,19+/m1/s1. The highest BCUT2D eigenvalue weighted by Gasteiger charge is 2.40. The Morgan fingerprint density at radius 1 is 1.19 bits per heavy atom. The molecule has 134 valence electrons. The average Bonchev–Trinajstić information content (AvgIpc) is 2.66. The summed E-state index contributed by atoms with van der Waals surface area (Å²) >= 11 is 0. The summed E-state index contributed by atoms with van der Waals surface area (Å²) < 4.78 is 5.34. The first kappa shape index (κ1) is 17.9. The monoisotopic (exact) mass is 350 g/mol. The number of carbonyl (C=O) groups is 2. The van der Waals surface area contributed by atoms with Crippen LogP contribution in [0.5, 0.6) is 0 Å². The lowest BCUT2D eigenvalue weighted by atomic mass is 9.81. The summed E-state index contributed by atoms with van der Waals surface area (Å²) in [4.78, 5) is 27.1. The zero-order valence-electron chi connectivity index (χ0n) is 15.0. The van der Waals surface area contributed by atoms with Crippen molar-refractivity contribution in [3.63, 3.8) is 0 Å². The highest BCUT2D eigenvalue weighted by atomic mass is 16.5. The van der Waals surface area contributed by atoms with Crippen molar-refractivity contribution in [2.24, 2.45) is 11.8 Å². The Labute approximate surface area is 153 Å². The lowest BCUT2D eigenvalue weighted by Crippen LogP contribution is -2.42. The van der Waals surface area contributed by atoms with Gasteiger partial charge in [-0.05, 0) is 43.9 Å². The highest BCUT2D eigenvalue weighted by molar-refractivity contribution is 5.88. The number of ether oxygens (including phenoxy) is 1. The van der Waals surface area contributed by atoms with Gasteiger partial charge in [0.25, 0.3) is 0 Å². The van der Waals surface area contributed by atoms with Gasteiger partial charge in [-0.1, -0.05) is 36.4 Å². The Hall–Kier alpha value is -2.87. The quantitative estimate of drug-likeness (QED) is 0.617. The van der Waals surface area contributed by atoms with Gasteiger partial charge in [-0.3, -0.25) is 14.5 Å². The van der Waals surface area contributed by atoms with Crippen molar-refractivity contribution in [2.45, 2.75) is 38.8 Å². The molecule has 0 saturated carbocycles.